The number of fused-ring (bicyclic) bond motifs is 1. The predicted molar refractivity (Wildman–Crippen MR) is 65.9 cm³/mol. The van der Waals surface area contributed by atoms with Gasteiger partial charge in [-0.1, -0.05) is 17.5 Å². The van der Waals surface area contributed by atoms with Crippen LogP contribution in [-0.2, 0) is 6.42 Å². The summed E-state index contributed by atoms with van der Waals surface area (Å²) < 4.78 is 5.77. The van der Waals surface area contributed by atoms with Crippen molar-refractivity contribution in [3.05, 3.63) is 28.8 Å². The standard InChI is InChI=1S/C13H14ClNO/c1-2-3-6-15-9-12-8-10-7-11(14)4-5-13(10)16-12/h4-5,7,12,15H,6,8-9H2,1H3. The van der Waals surface area contributed by atoms with E-state index in [9.17, 15) is 0 Å². The van der Waals surface area contributed by atoms with Crippen LogP contribution in [0.3, 0.4) is 0 Å². The second-order valence-electron chi connectivity index (χ2n) is 3.75. The molecule has 1 aliphatic rings. The lowest BCUT2D eigenvalue weighted by atomic mass is 10.1. The molecule has 1 N–H and O–H groups in total. The maximum atomic E-state index is 5.93. The maximum Gasteiger partial charge on any atom is 0.123 e. The Hall–Kier alpha value is -1.17. The molecule has 84 valence electrons. The normalized spacial score (nSPS) is 17.2. The van der Waals surface area contributed by atoms with Crippen molar-refractivity contribution in [3.63, 3.8) is 0 Å². The number of benzene rings is 1. The molecule has 2 nitrogen and oxygen atoms in total. The summed E-state index contributed by atoms with van der Waals surface area (Å²) >= 11 is 5.93. The Morgan fingerprint density at radius 1 is 1.56 bits per heavy atom. The van der Waals surface area contributed by atoms with E-state index < -0.39 is 0 Å². The minimum absolute atomic E-state index is 0.201. The molecule has 0 aromatic heterocycles. The largest absolute Gasteiger partial charge is 0.488 e. The van der Waals surface area contributed by atoms with E-state index in [1.807, 2.05) is 25.1 Å². The topological polar surface area (TPSA) is 21.3 Å². The highest BCUT2D eigenvalue weighted by atomic mass is 35.5. The molecule has 2 rings (SSSR count). The third-order valence-corrected chi connectivity index (χ3v) is 2.76. The van der Waals surface area contributed by atoms with Crippen LogP contribution in [0.2, 0.25) is 5.02 Å². The fraction of sp³-hybridized carbons (Fsp3) is 0.385. The minimum atomic E-state index is 0.201. The Labute approximate surface area is 101 Å². The molecule has 16 heavy (non-hydrogen) atoms. The highest BCUT2D eigenvalue weighted by Gasteiger charge is 2.22. The quantitative estimate of drug-likeness (QED) is 0.641. The fourth-order valence-electron chi connectivity index (χ4n) is 1.79. The number of rotatable bonds is 3. The Kier molecular flexibility index (Phi) is 3.71. The summed E-state index contributed by atoms with van der Waals surface area (Å²) in [5.41, 5.74) is 1.20. The third kappa shape index (κ3) is 2.69. The van der Waals surface area contributed by atoms with Gasteiger partial charge in [0.05, 0.1) is 6.54 Å². The average molecular weight is 236 g/mol. The van der Waals surface area contributed by atoms with Crippen LogP contribution in [-0.4, -0.2) is 19.2 Å². The summed E-state index contributed by atoms with van der Waals surface area (Å²) in [5, 5.41) is 4.02. The van der Waals surface area contributed by atoms with Gasteiger partial charge in [0.2, 0.25) is 0 Å². The molecule has 0 aliphatic carbocycles. The average Bonchev–Trinajstić information content (AvgIpc) is 2.66. The Morgan fingerprint density at radius 3 is 3.25 bits per heavy atom. The summed E-state index contributed by atoms with van der Waals surface area (Å²) in [5.74, 6) is 6.77. The first-order valence-corrected chi connectivity index (χ1v) is 5.73. The number of halogens is 1. The molecular formula is C13H14ClNO. The number of nitrogens with one attached hydrogen (secondary N) is 1. The van der Waals surface area contributed by atoms with Crippen molar-refractivity contribution in [2.45, 2.75) is 19.4 Å². The molecule has 0 fully saturated rings. The Bertz CT molecular complexity index is 433. The van der Waals surface area contributed by atoms with Gasteiger partial charge in [0.15, 0.2) is 0 Å². The monoisotopic (exact) mass is 235 g/mol. The van der Waals surface area contributed by atoms with Crippen LogP contribution < -0.4 is 10.1 Å². The molecule has 0 amide bonds. The van der Waals surface area contributed by atoms with Gasteiger partial charge in [0.1, 0.15) is 11.9 Å². The lowest BCUT2D eigenvalue weighted by Gasteiger charge is -2.09. The summed E-state index contributed by atoms with van der Waals surface area (Å²) in [6.45, 7) is 3.38. The first-order valence-electron chi connectivity index (χ1n) is 5.35. The van der Waals surface area contributed by atoms with Crippen LogP contribution >= 0.6 is 11.6 Å². The van der Waals surface area contributed by atoms with Gasteiger partial charge in [-0.2, -0.15) is 0 Å². The summed E-state index contributed by atoms with van der Waals surface area (Å²) in [7, 11) is 0. The van der Waals surface area contributed by atoms with Crippen molar-refractivity contribution in [1.82, 2.24) is 5.32 Å². The van der Waals surface area contributed by atoms with Crippen LogP contribution in [0.1, 0.15) is 12.5 Å². The van der Waals surface area contributed by atoms with Crippen LogP contribution in [0.25, 0.3) is 0 Å². The van der Waals surface area contributed by atoms with Crippen LogP contribution in [0.15, 0.2) is 18.2 Å². The van der Waals surface area contributed by atoms with Gasteiger partial charge in [-0.15, -0.1) is 5.92 Å². The molecule has 1 aromatic carbocycles. The fourth-order valence-corrected chi connectivity index (χ4v) is 1.98. The van der Waals surface area contributed by atoms with E-state index in [0.717, 1.165) is 23.7 Å². The third-order valence-electron chi connectivity index (χ3n) is 2.53. The van der Waals surface area contributed by atoms with E-state index in [0.29, 0.717) is 6.54 Å². The van der Waals surface area contributed by atoms with Crippen molar-refractivity contribution >= 4 is 11.6 Å². The zero-order chi connectivity index (χ0) is 11.4. The van der Waals surface area contributed by atoms with Crippen molar-refractivity contribution < 1.29 is 4.74 Å². The molecule has 1 heterocycles. The number of hydrogen-bond donors (Lipinski definition) is 1. The van der Waals surface area contributed by atoms with Crippen LogP contribution in [0, 0.1) is 11.8 Å². The SMILES string of the molecule is CC#CCNCC1Cc2cc(Cl)ccc2O1. The number of hydrogen-bond acceptors (Lipinski definition) is 2. The highest BCUT2D eigenvalue weighted by Crippen LogP contribution is 2.30. The minimum Gasteiger partial charge on any atom is -0.488 e. The molecule has 3 heteroatoms. The first kappa shape index (κ1) is 11.3. The van der Waals surface area contributed by atoms with E-state index in [4.69, 9.17) is 16.3 Å². The van der Waals surface area contributed by atoms with E-state index in [1.165, 1.54) is 5.56 Å². The molecular weight excluding hydrogens is 222 g/mol. The van der Waals surface area contributed by atoms with Crippen molar-refractivity contribution in [2.24, 2.45) is 0 Å². The van der Waals surface area contributed by atoms with Gasteiger partial charge in [-0.05, 0) is 30.7 Å². The predicted octanol–water partition coefficient (Wildman–Crippen LogP) is 2.26. The Morgan fingerprint density at radius 2 is 2.44 bits per heavy atom. The van der Waals surface area contributed by atoms with Gasteiger partial charge in [0.25, 0.3) is 0 Å². The zero-order valence-electron chi connectivity index (χ0n) is 9.22. The lowest BCUT2D eigenvalue weighted by molar-refractivity contribution is 0.230. The van der Waals surface area contributed by atoms with E-state index in [2.05, 4.69) is 17.2 Å². The van der Waals surface area contributed by atoms with Crippen LogP contribution in [0.4, 0.5) is 0 Å². The second kappa shape index (κ2) is 5.25. The summed E-state index contributed by atoms with van der Waals surface area (Å²) in [6.07, 6.45) is 1.12. The van der Waals surface area contributed by atoms with Gasteiger partial charge < -0.3 is 10.1 Å². The van der Waals surface area contributed by atoms with Gasteiger partial charge in [-0.3, -0.25) is 0 Å². The smallest absolute Gasteiger partial charge is 0.123 e. The van der Waals surface area contributed by atoms with E-state index >= 15 is 0 Å². The molecule has 0 spiro atoms. The Balaban J connectivity index is 1.87. The maximum absolute atomic E-state index is 5.93. The van der Waals surface area contributed by atoms with Gasteiger partial charge in [0, 0.05) is 18.0 Å². The number of ether oxygens (including phenoxy) is 1. The molecule has 0 saturated heterocycles. The zero-order valence-corrected chi connectivity index (χ0v) is 9.97. The molecule has 1 aromatic rings. The molecule has 0 saturated carbocycles. The molecule has 0 radical (unpaired) electrons. The van der Waals surface area contributed by atoms with Crippen LogP contribution in [0.5, 0.6) is 5.75 Å². The van der Waals surface area contributed by atoms with Gasteiger partial charge >= 0.3 is 0 Å². The van der Waals surface area contributed by atoms with Crippen molar-refractivity contribution in [1.29, 1.82) is 0 Å². The summed E-state index contributed by atoms with van der Waals surface area (Å²) in [6, 6.07) is 5.77. The van der Waals surface area contributed by atoms with Gasteiger partial charge in [-0.25, -0.2) is 0 Å². The summed E-state index contributed by atoms with van der Waals surface area (Å²) in [4.78, 5) is 0. The van der Waals surface area contributed by atoms with E-state index in [1.54, 1.807) is 0 Å². The first-order chi connectivity index (χ1) is 7.79. The molecule has 1 aliphatic heterocycles. The van der Waals surface area contributed by atoms with Crippen molar-refractivity contribution in [2.75, 3.05) is 13.1 Å². The highest BCUT2D eigenvalue weighted by molar-refractivity contribution is 6.30. The second-order valence-corrected chi connectivity index (χ2v) is 4.19. The van der Waals surface area contributed by atoms with Crippen molar-refractivity contribution in [3.8, 4) is 17.6 Å². The molecule has 1 atom stereocenters. The molecule has 0 bridgehead atoms. The molecule has 1 unspecified atom stereocenters. The van der Waals surface area contributed by atoms with E-state index in [-0.39, 0.29) is 6.10 Å². The lowest BCUT2D eigenvalue weighted by Crippen LogP contribution is -2.30.